The quantitative estimate of drug-likeness (QED) is 0.839. The van der Waals surface area contributed by atoms with E-state index in [1.807, 2.05) is 31.2 Å². The summed E-state index contributed by atoms with van der Waals surface area (Å²) in [4.78, 5) is 11.6. The summed E-state index contributed by atoms with van der Waals surface area (Å²) in [5.41, 5.74) is 1.67. The molecule has 21 heavy (non-hydrogen) atoms. The Hall–Kier alpha value is -2.20. The minimum Gasteiger partial charge on any atom is -0.490 e. The molecule has 0 saturated carbocycles. The van der Waals surface area contributed by atoms with Gasteiger partial charge in [-0.25, -0.2) is 4.79 Å². The highest BCUT2D eigenvalue weighted by atomic mass is 35.5. The van der Waals surface area contributed by atoms with Crippen LogP contribution in [0.3, 0.4) is 0 Å². The number of halogens is 1. The van der Waals surface area contributed by atoms with Crippen molar-refractivity contribution >= 4 is 23.4 Å². The summed E-state index contributed by atoms with van der Waals surface area (Å²) in [6, 6.07) is 14.5. The van der Waals surface area contributed by atoms with E-state index in [1.165, 1.54) is 0 Å². The summed E-state index contributed by atoms with van der Waals surface area (Å²) in [6.45, 7) is 2.44. The van der Waals surface area contributed by atoms with Crippen molar-refractivity contribution in [1.82, 2.24) is 0 Å². The fourth-order valence-electron chi connectivity index (χ4n) is 1.69. The molecular formula is C16H16ClNO3. The van der Waals surface area contributed by atoms with Crippen molar-refractivity contribution in [3.63, 3.8) is 0 Å². The lowest BCUT2D eigenvalue weighted by Gasteiger charge is -2.10. The molecule has 110 valence electrons. The second-order valence-electron chi connectivity index (χ2n) is 4.38. The molecule has 0 bridgehead atoms. The summed E-state index contributed by atoms with van der Waals surface area (Å²) in [5, 5.41) is 3.22. The van der Waals surface area contributed by atoms with Gasteiger partial charge in [0.25, 0.3) is 0 Å². The Morgan fingerprint density at radius 3 is 2.52 bits per heavy atom. The summed E-state index contributed by atoms with van der Waals surface area (Å²) in [7, 11) is 0. The van der Waals surface area contributed by atoms with Gasteiger partial charge in [0, 0.05) is 10.7 Å². The predicted molar refractivity (Wildman–Crippen MR) is 83.1 cm³/mol. The van der Waals surface area contributed by atoms with Gasteiger partial charge in [-0.3, -0.25) is 5.32 Å². The van der Waals surface area contributed by atoms with Gasteiger partial charge in [-0.2, -0.15) is 0 Å². The van der Waals surface area contributed by atoms with Gasteiger partial charge < -0.3 is 9.47 Å². The number of hydrogen-bond acceptors (Lipinski definition) is 3. The van der Waals surface area contributed by atoms with Crippen LogP contribution >= 0.6 is 11.6 Å². The molecule has 1 amide bonds. The smallest absolute Gasteiger partial charge is 0.411 e. The van der Waals surface area contributed by atoms with Crippen molar-refractivity contribution in [2.75, 3.05) is 18.5 Å². The normalized spacial score (nSPS) is 10.0. The maximum Gasteiger partial charge on any atom is 0.411 e. The largest absolute Gasteiger partial charge is 0.490 e. The van der Waals surface area contributed by atoms with Gasteiger partial charge in [0.1, 0.15) is 19.0 Å². The van der Waals surface area contributed by atoms with Gasteiger partial charge >= 0.3 is 6.09 Å². The molecule has 0 saturated heterocycles. The first kappa shape index (κ1) is 15.2. The topological polar surface area (TPSA) is 47.6 Å². The van der Waals surface area contributed by atoms with Crippen molar-refractivity contribution in [3.05, 3.63) is 59.1 Å². The Morgan fingerprint density at radius 2 is 1.81 bits per heavy atom. The highest BCUT2D eigenvalue weighted by Crippen LogP contribution is 2.16. The molecule has 1 N–H and O–H groups in total. The van der Waals surface area contributed by atoms with E-state index in [1.54, 1.807) is 24.3 Å². The highest BCUT2D eigenvalue weighted by Gasteiger charge is 2.03. The molecule has 0 unspecified atom stereocenters. The van der Waals surface area contributed by atoms with E-state index in [0.717, 1.165) is 11.3 Å². The highest BCUT2D eigenvalue weighted by molar-refractivity contribution is 6.30. The molecule has 5 heteroatoms. The first-order valence-electron chi connectivity index (χ1n) is 6.53. The average molecular weight is 306 g/mol. The Labute approximate surface area is 128 Å². The lowest BCUT2D eigenvalue weighted by Crippen LogP contribution is -2.17. The first-order chi connectivity index (χ1) is 10.1. The van der Waals surface area contributed by atoms with Gasteiger partial charge in [0.2, 0.25) is 0 Å². The van der Waals surface area contributed by atoms with Crippen LogP contribution < -0.4 is 10.1 Å². The Bertz CT molecular complexity index is 599. The van der Waals surface area contributed by atoms with Crippen LogP contribution in [0.25, 0.3) is 0 Å². The number of para-hydroxylation sites is 1. The molecule has 0 aliphatic rings. The molecule has 4 nitrogen and oxygen atoms in total. The van der Waals surface area contributed by atoms with E-state index in [9.17, 15) is 4.79 Å². The zero-order chi connectivity index (χ0) is 15.1. The second kappa shape index (κ2) is 7.55. The number of ether oxygens (including phenoxy) is 2. The van der Waals surface area contributed by atoms with E-state index in [2.05, 4.69) is 5.32 Å². The van der Waals surface area contributed by atoms with Crippen molar-refractivity contribution in [1.29, 1.82) is 0 Å². The minimum absolute atomic E-state index is 0.174. The van der Waals surface area contributed by atoms with Gasteiger partial charge in [-0.1, -0.05) is 29.8 Å². The Morgan fingerprint density at radius 1 is 1.10 bits per heavy atom. The molecule has 2 rings (SSSR count). The molecule has 2 aromatic carbocycles. The Balaban J connectivity index is 1.70. The number of carbonyl (C=O) groups is 1. The lowest BCUT2D eigenvalue weighted by atomic mass is 10.2. The predicted octanol–water partition coefficient (Wildman–Crippen LogP) is 4.28. The van der Waals surface area contributed by atoms with Crippen LogP contribution in [0.5, 0.6) is 5.75 Å². The maximum atomic E-state index is 11.6. The summed E-state index contributed by atoms with van der Waals surface area (Å²) >= 11 is 5.76. The molecule has 0 heterocycles. The number of hydrogen-bond donors (Lipinski definition) is 1. The molecule has 0 radical (unpaired) electrons. The summed E-state index contributed by atoms with van der Waals surface area (Å²) < 4.78 is 10.6. The standard InChI is InChI=1S/C16H16ClNO3/c1-12-4-2-3-5-15(12)20-10-11-21-16(19)18-14-8-6-13(17)7-9-14/h2-9H,10-11H2,1H3,(H,18,19). The molecule has 0 spiro atoms. The van der Waals surface area contributed by atoms with Crippen molar-refractivity contribution in [2.24, 2.45) is 0 Å². The third kappa shape index (κ3) is 5.00. The molecule has 0 aromatic heterocycles. The molecule has 0 aliphatic carbocycles. The van der Waals surface area contributed by atoms with Crippen LogP contribution in [-0.4, -0.2) is 19.3 Å². The zero-order valence-electron chi connectivity index (χ0n) is 11.6. The number of rotatable bonds is 5. The monoisotopic (exact) mass is 305 g/mol. The number of carbonyl (C=O) groups excluding carboxylic acids is 1. The van der Waals surface area contributed by atoms with Crippen LogP contribution in [0.1, 0.15) is 5.56 Å². The van der Waals surface area contributed by atoms with Crippen LogP contribution in [0.15, 0.2) is 48.5 Å². The van der Waals surface area contributed by atoms with E-state index in [0.29, 0.717) is 17.3 Å². The van der Waals surface area contributed by atoms with Crippen LogP contribution in [0.4, 0.5) is 10.5 Å². The van der Waals surface area contributed by atoms with Crippen molar-refractivity contribution in [3.8, 4) is 5.75 Å². The zero-order valence-corrected chi connectivity index (χ0v) is 12.4. The van der Waals surface area contributed by atoms with Gasteiger partial charge in [0.05, 0.1) is 0 Å². The maximum absolute atomic E-state index is 11.6. The summed E-state index contributed by atoms with van der Waals surface area (Å²) in [6.07, 6.45) is -0.522. The number of anilines is 1. The lowest BCUT2D eigenvalue weighted by molar-refractivity contribution is 0.137. The van der Waals surface area contributed by atoms with Crippen LogP contribution in [-0.2, 0) is 4.74 Å². The molecule has 0 fully saturated rings. The van der Waals surface area contributed by atoms with Gasteiger partial charge in [0.15, 0.2) is 0 Å². The first-order valence-corrected chi connectivity index (χ1v) is 6.91. The fraction of sp³-hybridized carbons (Fsp3) is 0.188. The van der Waals surface area contributed by atoms with Gasteiger partial charge in [-0.05, 0) is 42.8 Å². The third-order valence-corrected chi connectivity index (χ3v) is 3.01. The van der Waals surface area contributed by atoms with Crippen molar-refractivity contribution in [2.45, 2.75) is 6.92 Å². The number of benzene rings is 2. The Kier molecular flexibility index (Phi) is 5.46. The minimum atomic E-state index is -0.522. The third-order valence-electron chi connectivity index (χ3n) is 2.76. The van der Waals surface area contributed by atoms with E-state index < -0.39 is 6.09 Å². The fourth-order valence-corrected chi connectivity index (χ4v) is 1.82. The molecule has 0 atom stereocenters. The van der Waals surface area contributed by atoms with E-state index >= 15 is 0 Å². The van der Waals surface area contributed by atoms with E-state index in [-0.39, 0.29) is 6.61 Å². The number of amides is 1. The molecular weight excluding hydrogens is 290 g/mol. The van der Waals surface area contributed by atoms with Crippen LogP contribution in [0, 0.1) is 6.92 Å². The molecule has 0 aliphatic heterocycles. The SMILES string of the molecule is Cc1ccccc1OCCOC(=O)Nc1ccc(Cl)cc1. The summed E-state index contributed by atoms with van der Waals surface area (Å²) in [5.74, 6) is 0.791. The van der Waals surface area contributed by atoms with Crippen molar-refractivity contribution < 1.29 is 14.3 Å². The number of nitrogens with one attached hydrogen (secondary N) is 1. The van der Waals surface area contributed by atoms with E-state index in [4.69, 9.17) is 21.1 Å². The molecule has 2 aromatic rings. The second-order valence-corrected chi connectivity index (χ2v) is 4.82. The average Bonchev–Trinajstić information content (AvgIpc) is 2.48. The number of aryl methyl sites for hydroxylation is 1. The van der Waals surface area contributed by atoms with Gasteiger partial charge in [-0.15, -0.1) is 0 Å². The van der Waals surface area contributed by atoms with Crippen LogP contribution in [0.2, 0.25) is 5.02 Å².